The van der Waals surface area contributed by atoms with E-state index in [4.69, 9.17) is 4.74 Å². The summed E-state index contributed by atoms with van der Waals surface area (Å²) in [4.78, 5) is 11.3. The maximum Gasteiger partial charge on any atom is 0.336 e. The van der Waals surface area contributed by atoms with Crippen molar-refractivity contribution in [2.45, 2.75) is 13.8 Å². The van der Waals surface area contributed by atoms with E-state index in [0.29, 0.717) is 12.2 Å². The third-order valence-corrected chi connectivity index (χ3v) is 2.88. The van der Waals surface area contributed by atoms with E-state index in [1.807, 2.05) is 50.2 Å². The molecule has 0 bridgehead atoms. The first-order valence-corrected chi connectivity index (χ1v) is 6.19. The van der Waals surface area contributed by atoms with Crippen LogP contribution in [-0.4, -0.2) is 17.7 Å². The summed E-state index contributed by atoms with van der Waals surface area (Å²) in [5.74, 6) is -0.125. The van der Waals surface area contributed by atoms with Crippen LogP contribution in [0.3, 0.4) is 0 Å². The molecule has 0 atom stereocenters. The zero-order valence-electron chi connectivity index (χ0n) is 11.0. The van der Waals surface area contributed by atoms with Crippen LogP contribution in [0.2, 0.25) is 0 Å². The third kappa shape index (κ3) is 2.94. The molecule has 0 aromatic heterocycles. The van der Waals surface area contributed by atoms with E-state index in [0.717, 1.165) is 22.4 Å². The van der Waals surface area contributed by atoms with Crippen LogP contribution in [0.5, 0.6) is 5.75 Å². The van der Waals surface area contributed by atoms with Crippen LogP contribution < -0.4 is 4.74 Å². The maximum atomic E-state index is 11.3. The molecule has 2 rings (SSSR count). The Hall–Kier alpha value is -2.29. The number of ether oxygens (including phenoxy) is 1. The van der Waals surface area contributed by atoms with Gasteiger partial charge >= 0.3 is 5.97 Å². The topological polar surface area (TPSA) is 46.5 Å². The minimum absolute atomic E-state index is 0.315. The van der Waals surface area contributed by atoms with Crippen molar-refractivity contribution in [3.63, 3.8) is 0 Å². The summed E-state index contributed by atoms with van der Waals surface area (Å²) in [7, 11) is 0. The highest BCUT2D eigenvalue weighted by Gasteiger charge is 2.11. The Morgan fingerprint density at radius 1 is 1.16 bits per heavy atom. The lowest BCUT2D eigenvalue weighted by Crippen LogP contribution is -2.00. The number of aromatic carboxylic acids is 1. The Balaban J connectivity index is 2.45. The highest BCUT2D eigenvalue weighted by atomic mass is 16.5. The number of aryl methyl sites for hydroxylation is 1. The Bertz CT molecular complexity index is 585. The monoisotopic (exact) mass is 256 g/mol. The van der Waals surface area contributed by atoms with Gasteiger partial charge in [-0.25, -0.2) is 4.79 Å². The standard InChI is InChI=1S/C16H16O3/c1-3-19-13-7-5-12(6-8-13)15-10-11(2)4-9-14(15)16(17)18/h4-10H,3H2,1-2H3,(H,17,18). The summed E-state index contributed by atoms with van der Waals surface area (Å²) < 4.78 is 5.38. The molecule has 0 unspecified atom stereocenters. The first-order chi connectivity index (χ1) is 9.11. The fourth-order valence-corrected chi connectivity index (χ4v) is 1.98. The molecule has 1 N–H and O–H groups in total. The number of carboxylic acids is 1. The van der Waals surface area contributed by atoms with E-state index >= 15 is 0 Å². The second-order valence-corrected chi connectivity index (χ2v) is 4.31. The van der Waals surface area contributed by atoms with Crippen LogP contribution in [0, 0.1) is 6.92 Å². The Morgan fingerprint density at radius 2 is 1.84 bits per heavy atom. The molecule has 0 aliphatic heterocycles. The number of carbonyl (C=O) groups is 1. The minimum Gasteiger partial charge on any atom is -0.494 e. The van der Waals surface area contributed by atoms with Crippen molar-refractivity contribution in [1.82, 2.24) is 0 Å². The third-order valence-electron chi connectivity index (χ3n) is 2.88. The molecule has 98 valence electrons. The number of hydrogen-bond acceptors (Lipinski definition) is 2. The number of hydrogen-bond donors (Lipinski definition) is 1. The molecule has 19 heavy (non-hydrogen) atoms. The number of benzene rings is 2. The normalized spacial score (nSPS) is 10.2. The van der Waals surface area contributed by atoms with Gasteiger partial charge in [0.2, 0.25) is 0 Å². The van der Waals surface area contributed by atoms with Gasteiger partial charge in [-0.1, -0.05) is 29.8 Å². The zero-order valence-corrected chi connectivity index (χ0v) is 11.0. The van der Waals surface area contributed by atoms with Gasteiger partial charge in [-0.3, -0.25) is 0 Å². The molecule has 3 heteroatoms. The van der Waals surface area contributed by atoms with Crippen molar-refractivity contribution in [3.8, 4) is 16.9 Å². The smallest absolute Gasteiger partial charge is 0.336 e. The number of carboxylic acid groups (broad SMARTS) is 1. The Kier molecular flexibility index (Phi) is 3.85. The van der Waals surface area contributed by atoms with E-state index in [-0.39, 0.29) is 0 Å². The van der Waals surface area contributed by atoms with Gasteiger partial charge in [-0.05, 0) is 43.2 Å². The predicted molar refractivity (Wildman–Crippen MR) is 74.7 cm³/mol. The van der Waals surface area contributed by atoms with Gasteiger partial charge in [0.05, 0.1) is 12.2 Å². The first-order valence-electron chi connectivity index (χ1n) is 6.19. The summed E-state index contributed by atoms with van der Waals surface area (Å²) in [6, 6.07) is 12.8. The fraction of sp³-hybridized carbons (Fsp3) is 0.188. The molecular formula is C16H16O3. The van der Waals surface area contributed by atoms with Crippen molar-refractivity contribution in [1.29, 1.82) is 0 Å². The Labute approximate surface area is 112 Å². The van der Waals surface area contributed by atoms with E-state index in [1.54, 1.807) is 6.07 Å². The average Bonchev–Trinajstić information content (AvgIpc) is 2.39. The van der Waals surface area contributed by atoms with Crippen molar-refractivity contribution < 1.29 is 14.6 Å². The second-order valence-electron chi connectivity index (χ2n) is 4.31. The van der Waals surface area contributed by atoms with Gasteiger partial charge in [0.25, 0.3) is 0 Å². The van der Waals surface area contributed by atoms with Crippen LogP contribution in [0.4, 0.5) is 0 Å². The van der Waals surface area contributed by atoms with Crippen LogP contribution in [0.1, 0.15) is 22.8 Å². The highest BCUT2D eigenvalue weighted by molar-refractivity contribution is 5.96. The lowest BCUT2D eigenvalue weighted by molar-refractivity contribution is 0.0697. The van der Waals surface area contributed by atoms with Gasteiger partial charge < -0.3 is 9.84 Å². The largest absolute Gasteiger partial charge is 0.494 e. The van der Waals surface area contributed by atoms with E-state index < -0.39 is 5.97 Å². The van der Waals surface area contributed by atoms with Gasteiger partial charge in [0.1, 0.15) is 5.75 Å². The van der Waals surface area contributed by atoms with E-state index in [2.05, 4.69) is 0 Å². The molecule has 0 radical (unpaired) electrons. The molecule has 0 amide bonds. The molecule has 3 nitrogen and oxygen atoms in total. The molecule has 2 aromatic rings. The molecule has 0 heterocycles. The maximum absolute atomic E-state index is 11.3. The molecule has 0 aliphatic carbocycles. The Morgan fingerprint density at radius 3 is 2.42 bits per heavy atom. The predicted octanol–water partition coefficient (Wildman–Crippen LogP) is 3.76. The average molecular weight is 256 g/mol. The SMILES string of the molecule is CCOc1ccc(-c2cc(C)ccc2C(=O)O)cc1. The van der Waals surface area contributed by atoms with E-state index in [1.165, 1.54) is 0 Å². The molecule has 2 aromatic carbocycles. The van der Waals surface area contributed by atoms with Gasteiger partial charge in [-0.2, -0.15) is 0 Å². The van der Waals surface area contributed by atoms with Crippen molar-refractivity contribution in [2.24, 2.45) is 0 Å². The summed E-state index contributed by atoms with van der Waals surface area (Å²) in [5, 5.41) is 9.23. The van der Waals surface area contributed by atoms with Gasteiger partial charge in [0, 0.05) is 0 Å². The number of rotatable bonds is 4. The minimum atomic E-state index is -0.913. The van der Waals surface area contributed by atoms with Crippen molar-refractivity contribution in [3.05, 3.63) is 53.6 Å². The van der Waals surface area contributed by atoms with E-state index in [9.17, 15) is 9.90 Å². The highest BCUT2D eigenvalue weighted by Crippen LogP contribution is 2.27. The summed E-state index contributed by atoms with van der Waals surface area (Å²) >= 11 is 0. The molecule has 0 fully saturated rings. The van der Waals surface area contributed by atoms with Crippen LogP contribution in [0.15, 0.2) is 42.5 Å². The quantitative estimate of drug-likeness (QED) is 0.906. The van der Waals surface area contributed by atoms with Crippen LogP contribution in [-0.2, 0) is 0 Å². The van der Waals surface area contributed by atoms with Crippen LogP contribution in [0.25, 0.3) is 11.1 Å². The summed E-state index contributed by atoms with van der Waals surface area (Å²) in [6.07, 6.45) is 0. The molecular weight excluding hydrogens is 240 g/mol. The molecule has 0 spiro atoms. The summed E-state index contributed by atoms with van der Waals surface area (Å²) in [6.45, 7) is 4.49. The summed E-state index contributed by atoms with van der Waals surface area (Å²) in [5.41, 5.74) is 2.96. The fourth-order valence-electron chi connectivity index (χ4n) is 1.98. The molecule has 0 saturated heterocycles. The van der Waals surface area contributed by atoms with Gasteiger partial charge in [0.15, 0.2) is 0 Å². The van der Waals surface area contributed by atoms with Crippen molar-refractivity contribution in [2.75, 3.05) is 6.61 Å². The van der Waals surface area contributed by atoms with Crippen molar-refractivity contribution >= 4 is 5.97 Å². The lowest BCUT2D eigenvalue weighted by Gasteiger charge is -2.09. The van der Waals surface area contributed by atoms with Crippen LogP contribution >= 0.6 is 0 Å². The molecule has 0 saturated carbocycles. The lowest BCUT2D eigenvalue weighted by atomic mass is 9.97. The zero-order chi connectivity index (χ0) is 13.8. The first kappa shape index (κ1) is 13.1. The molecule has 0 aliphatic rings. The second kappa shape index (κ2) is 5.57. The van der Waals surface area contributed by atoms with Gasteiger partial charge in [-0.15, -0.1) is 0 Å².